The lowest BCUT2D eigenvalue weighted by molar-refractivity contribution is 0.392. The Morgan fingerprint density at radius 2 is 2.11 bits per heavy atom. The summed E-state index contributed by atoms with van der Waals surface area (Å²) < 4.78 is 5.12. The van der Waals surface area contributed by atoms with Crippen molar-refractivity contribution in [2.24, 2.45) is 16.6 Å². The number of aryl methyl sites for hydroxylation is 2. The van der Waals surface area contributed by atoms with Crippen LogP contribution >= 0.6 is 24.0 Å². The highest BCUT2D eigenvalue weighted by molar-refractivity contribution is 14.0. The van der Waals surface area contributed by atoms with E-state index in [1.165, 1.54) is 5.56 Å². The van der Waals surface area contributed by atoms with Gasteiger partial charge in [0.15, 0.2) is 5.96 Å². The fraction of sp³-hybridized carbons (Fsp3) is 0.692. The molecular weight excluding hydrogens is 355 g/mol. The minimum absolute atomic E-state index is 0. The molecule has 0 aromatic carbocycles. The monoisotopic (exact) mass is 380 g/mol. The number of guanidine groups is 1. The van der Waals surface area contributed by atoms with Gasteiger partial charge in [-0.25, -0.2) is 0 Å². The van der Waals surface area contributed by atoms with Crippen molar-refractivity contribution in [3.63, 3.8) is 0 Å². The maximum Gasteiger partial charge on any atom is 0.188 e. The Labute approximate surface area is 132 Å². The van der Waals surface area contributed by atoms with Crippen LogP contribution in [0.2, 0.25) is 0 Å². The van der Waals surface area contributed by atoms with Gasteiger partial charge in [-0.3, -0.25) is 4.99 Å². The first kappa shape index (κ1) is 18.2. The lowest BCUT2D eigenvalue weighted by Crippen LogP contribution is -2.33. The zero-order valence-corrected chi connectivity index (χ0v) is 14.5. The quantitative estimate of drug-likeness (QED) is 0.344. The molecule has 19 heavy (non-hydrogen) atoms. The molecule has 1 heterocycles. The lowest BCUT2D eigenvalue weighted by Gasteiger charge is -2.06. The van der Waals surface area contributed by atoms with E-state index in [1.807, 2.05) is 13.8 Å². The van der Waals surface area contributed by atoms with Crippen LogP contribution < -0.4 is 11.1 Å². The number of nitrogens with two attached hydrogens (primary N) is 1. The zero-order valence-electron chi connectivity index (χ0n) is 12.2. The molecule has 0 spiro atoms. The van der Waals surface area contributed by atoms with Gasteiger partial charge in [-0.2, -0.15) is 0 Å². The molecule has 0 amide bonds. The van der Waals surface area contributed by atoms with E-state index in [0.717, 1.165) is 37.4 Å². The van der Waals surface area contributed by atoms with Crippen molar-refractivity contribution in [2.45, 2.75) is 40.5 Å². The lowest BCUT2D eigenvalue weighted by atomic mass is 10.1. The van der Waals surface area contributed by atoms with Crippen molar-refractivity contribution in [1.82, 2.24) is 10.5 Å². The molecule has 0 unspecified atom stereocenters. The first-order valence-corrected chi connectivity index (χ1v) is 6.46. The molecule has 3 N–H and O–H groups in total. The van der Waals surface area contributed by atoms with Gasteiger partial charge in [0.25, 0.3) is 0 Å². The van der Waals surface area contributed by atoms with Crippen LogP contribution in [0.1, 0.15) is 37.3 Å². The van der Waals surface area contributed by atoms with Crippen LogP contribution in [0.25, 0.3) is 0 Å². The van der Waals surface area contributed by atoms with Crippen LogP contribution in [0, 0.1) is 19.8 Å². The highest BCUT2D eigenvalue weighted by atomic mass is 127. The minimum atomic E-state index is 0. The maximum atomic E-state index is 5.75. The number of nitrogens with zero attached hydrogens (tertiary/aromatic N) is 2. The van der Waals surface area contributed by atoms with Gasteiger partial charge in [0.1, 0.15) is 5.76 Å². The number of aromatic nitrogens is 1. The number of aliphatic imine (C=N–C) groups is 1. The standard InChI is InChI=1S/C13H24N4O.HI/c1-9(2)8-16-13(14)15-7-5-6-12-10(3)17-18-11(12)4;/h9H,5-8H2,1-4H3,(H3,14,15,16);1H. The summed E-state index contributed by atoms with van der Waals surface area (Å²) in [7, 11) is 0. The first-order valence-electron chi connectivity index (χ1n) is 6.46. The topological polar surface area (TPSA) is 76.4 Å². The Balaban J connectivity index is 0.00000324. The summed E-state index contributed by atoms with van der Waals surface area (Å²) in [6.07, 6.45) is 1.94. The van der Waals surface area contributed by atoms with Gasteiger partial charge in [0.2, 0.25) is 0 Å². The van der Waals surface area contributed by atoms with Gasteiger partial charge in [-0.1, -0.05) is 19.0 Å². The smallest absolute Gasteiger partial charge is 0.188 e. The van der Waals surface area contributed by atoms with Crippen molar-refractivity contribution >= 4 is 29.9 Å². The predicted octanol–water partition coefficient (Wildman–Crippen LogP) is 2.40. The van der Waals surface area contributed by atoms with Crippen LogP contribution in [0.3, 0.4) is 0 Å². The number of hydrogen-bond acceptors (Lipinski definition) is 3. The zero-order chi connectivity index (χ0) is 13.5. The molecule has 1 rings (SSSR count). The van der Waals surface area contributed by atoms with Crippen molar-refractivity contribution in [2.75, 3.05) is 13.1 Å². The molecule has 6 heteroatoms. The van der Waals surface area contributed by atoms with E-state index in [1.54, 1.807) is 0 Å². The van der Waals surface area contributed by atoms with Crippen LogP contribution in [-0.2, 0) is 6.42 Å². The number of hydrogen-bond donors (Lipinski definition) is 2. The molecule has 0 aliphatic heterocycles. The molecule has 1 aromatic rings. The molecular formula is C13H25IN4O. The average Bonchev–Trinajstić information content (AvgIpc) is 2.63. The highest BCUT2D eigenvalue weighted by Gasteiger charge is 2.07. The summed E-state index contributed by atoms with van der Waals surface area (Å²) in [5.41, 5.74) is 7.93. The predicted molar refractivity (Wildman–Crippen MR) is 89.0 cm³/mol. The molecule has 0 aliphatic carbocycles. The van der Waals surface area contributed by atoms with E-state index < -0.39 is 0 Å². The molecule has 0 bridgehead atoms. The average molecular weight is 380 g/mol. The molecule has 5 nitrogen and oxygen atoms in total. The molecule has 0 aliphatic rings. The summed E-state index contributed by atoms with van der Waals surface area (Å²) in [6, 6.07) is 0. The van der Waals surface area contributed by atoms with E-state index >= 15 is 0 Å². The molecule has 0 saturated heterocycles. The van der Waals surface area contributed by atoms with Crippen LogP contribution in [0.5, 0.6) is 0 Å². The Hall–Kier alpha value is -0.790. The Morgan fingerprint density at radius 3 is 2.63 bits per heavy atom. The van der Waals surface area contributed by atoms with Gasteiger partial charge in [-0.05, 0) is 32.6 Å². The molecule has 0 fully saturated rings. The van der Waals surface area contributed by atoms with Gasteiger partial charge in [-0.15, -0.1) is 24.0 Å². The van der Waals surface area contributed by atoms with Gasteiger partial charge in [0.05, 0.1) is 5.69 Å². The number of nitrogens with one attached hydrogen (secondary N) is 1. The Bertz CT molecular complexity index is 382. The summed E-state index contributed by atoms with van der Waals surface area (Å²) in [5, 5.41) is 7.05. The van der Waals surface area contributed by atoms with E-state index in [9.17, 15) is 0 Å². The van der Waals surface area contributed by atoms with Crippen LogP contribution in [0.15, 0.2) is 9.52 Å². The largest absolute Gasteiger partial charge is 0.370 e. The molecule has 0 radical (unpaired) electrons. The molecule has 0 saturated carbocycles. The summed E-state index contributed by atoms with van der Waals surface area (Å²) in [6.45, 7) is 9.74. The fourth-order valence-corrected chi connectivity index (χ4v) is 1.68. The second-order valence-corrected chi connectivity index (χ2v) is 4.95. The Kier molecular flexibility index (Phi) is 8.79. The van der Waals surface area contributed by atoms with Gasteiger partial charge in [0, 0.05) is 18.7 Å². The Morgan fingerprint density at radius 1 is 1.42 bits per heavy atom. The van der Waals surface area contributed by atoms with Crippen molar-refractivity contribution < 1.29 is 4.52 Å². The highest BCUT2D eigenvalue weighted by Crippen LogP contribution is 2.13. The van der Waals surface area contributed by atoms with E-state index in [0.29, 0.717) is 11.9 Å². The third-order valence-electron chi connectivity index (χ3n) is 2.72. The van der Waals surface area contributed by atoms with E-state index in [2.05, 4.69) is 29.3 Å². The van der Waals surface area contributed by atoms with Crippen LogP contribution in [0.4, 0.5) is 0 Å². The summed E-state index contributed by atoms with van der Waals surface area (Å²) in [4.78, 5) is 4.25. The van der Waals surface area contributed by atoms with Gasteiger partial charge < -0.3 is 15.6 Å². The maximum absolute atomic E-state index is 5.75. The SMILES string of the molecule is Cc1noc(C)c1CCCNC(N)=NCC(C)C.I. The van der Waals surface area contributed by atoms with Crippen LogP contribution in [-0.4, -0.2) is 24.2 Å². The molecule has 0 atom stereocenters. The second-order valence-electron chi connectivity index (χ2n) is 4.95. The summed E-state index contributed by atoms with van der Waals surface area (Å²) >= 11 is 0. The van der Waals surface area contributed by atoms with Crippen molar-refractivity contribution in [1.29, 1.82) is 0 Å². The summed E-state index contributed by atoms with van der Waals surface area (Å²) in [5.74, 6) is 1.98. The second kappa shape index (κ2) is 9.17. The number of rotatable bonds is 6. The number of halogens is 1. The fourth-order valence-electron chi connectivity index (χ4n) is 1.68. The van der Waals surface area contributed by atoms with Crippen molar-refractivity contribution in [3.05, 3.63) is 17.0 Å². The van der Waals surface area contributed by atoms with E-state index in [-0.39, 0.29) is 24.0 Å². The molecule has 110 valence electrons. The van der Waals surface area contributed by atoms with Gasteiger partial charge >= 0.3 is 0 Å². The third kappa shape index (κ3) is 6.79. The minimum Gasteiger partial charge on any atom is -0.370 e. The van der Waals surface area contributed by atoms with E-state index in [4.69, 9.17) is 10.3 Å². The van der Waals surface area contributed by atoms with Crippen molar-refractivity contribution in [3.8, 4) is 0 Å². The first-order chi connectivity index (χ1) is 8.50. The molecule has 1 aromatic heterocycles. The normalized spacial score (nSPS) is 11.5. The third-order valence-corrected chi connectivity index (χ3v) is 2.72.